The van der Waals surface area contributed by atoms with Crippen LogP contribution >= 0.6 is 0 Å². The highest BCUT2D eigenvalue weighted by Gasteiger charge is 1.97. The predicted molar refractivity (Wildman–Crippen MR) is 50.4 cm³/mol. The van der Waals surface area contributed by atoms with Crippen molar-refractivity contribution in [3.63, 3.8) is 0 Å². The van der Waals surface area contributed by atoms with Crippen molar-refractivity contribution in [3.8, 4) is 0 Å². The Morgan fingerprint density at radius 2 is 2.54 bits per heavy atom. The lowest BCUT2D eigenvalue weighted by Gasteiger charge is -1.97. The smallest absolute Gasteiger partial charge is 0.0929 e. The molecule has 2 aromatic rings. The van der Waals surface area contributed by atoms with E-state index in [0.717, 1.165) is 17.4 Å². The van der Waals surface area contributed by atoms with Crippen LogP contribution in [-0.2, 0) is 11.3 Å². The van der Waals surface area contributed by atoms with Gasteiger partial charge >= 0.3 is 0 Å². The molecular weight excluding hydrogens is 164 g/mol. The van der Waals surface area contributed by atoms with Crippen LogP contribution in [0.4, 0.5) is 0 Å². The molecule has 0 saturated heterocycles. The van der Waals surface area contributed by atoms with E-state index in [4.69, 9.17) is 4.74 Å². The Labute approximate surface area is 76.9 Å². The predicted octanol–water partition coefficient (Wildman–Crippen LogP) is 1.48. The average molecular weight is 175 g/mol. The zero-order valence-electron chi connectivity index (χ0n) is 7.53. The molecule has 0 amide bonds. The summed E-state index contributed by atoms with van der Waals surface area (Å²) in [7, 11) is 1.69. The number of methoxy groups -OCH3 is 1. The van der Waals surface area contributed by atoms with Crippen molar-refractivity contribution in [1.82, 2.24) is 9.78 Å². The molecule has 67 valence electrons. The summed E-state index contributed by atoms with van der Waals surface area (Å²) in [5, 5.41) is 5.50. The van der Waals surface area contributed by atoms with Crippen LogP contribution in [0.5, 0.6) is 0 Å². The van der Waals surface area contributed by atoms with Crippen molar-refractivity contribution in [2.75, 3.05) is 13.7 Å². The van der Waals surface area contributed by atoms with Crippen molar-refractivity contribution < 1.29 is 4.74 Å². The van der Waals surface area contributed by atoms with Gasteiger partial charge in [0.2, 0.25) is 0 Å². The highest BCUT2D eigenvalue weighted by atomic mass is 16.5. The summed E-state index contributed by atoms with van der Waals surface area (Å²) < 4.78 is 6.86. The maximum atomic E-state index is 4.97. The second-order valence-electron chi connectivity index (χ2n) is 2.87. The normalized spacial score (nSPS) is 10.8. The van der Waals surface area contributed by atoms with Crippen LogP contribution in [-0.4, -0.2) is 23.5 Å². The maximum absolute atomic E-state index is 4.97. The van der Waals surface area contributed by atoms with Crippen LogP contribution in [0, 0.1) is 6.07 Å². The molecular formula is C10H11N2O. The van der Waals surface area contributed by atoms with E-state index in [1.54, 1.807) is 7.11 Å². The van der Waals surface area contributed by atoms with E-state index in [0.29, 0.717) is 6.61 Å². The number of benzene rings is 1. The molecule has 0 spiro atoms. The Kier molecular flexibility index (Phi) is 2.27. The molecule has 0 aliphatic heterocycles. The van der Waals surface area contributed by atoms with Gasteiger partial charge in [-0.3, -0.25) is 4.68 Å². The minimum atomic E-state index is 0.692. The highest BCUT2D eigenvalue weighted by Crippen LogP contribution is 2.09. The second kappa shape index (κ2) is 3.58. The number of aromatic nitrogens is 2. The molecule has 1 heterocycles. The van der Waals surface area contributed by atoms with Gasteiger partial charge in [0.1, 0.15) is 0 Å². The Bertz CT molecular complexity index is 361. The fourth-order valence-corrected chi connectivity index (χ4v) is 1.26. The lowest BCUT2D eigenvalue weighted by Crippen LogP contribution is -2.03. The molecule has 0 saturated carbocycles. The molecule has 0 fully saturated rings. The van der Waals surface area contributed by atoms with Gasteiger partial charge in [-0.05, 0) is 12.1 Å². The second-order valence-corrected chi connectivity index (χ2v) is 2.87. The fourth-order valence-electron chi connectivity index (χ4n) is 1.26. The van der Waals surface area contributed by atoms with Gasteiger partial charge in [-0.25, -0.2) is 0 Å². The molecule has 0 aliphatic carbocycles. The Morgan fingerprint density at radius 3 is 3.31 bits per heavy atom. The van der Waals surface area contributed by atoms with Crippen LogP contribution in [0.2, 0.25) is 0 Å². The number of rotatable bonds is 3. The van der Waals surface area contributed by atoms with Crippen molar-refractivity contribution >= 4 is 10.9 Å². The minimum absolute atomic E-state index is 0.692. The summed E-state index contributed by atoms with van der Waals surface area (Å²) in [5.74, 6) is 0. The molecule has 2 rings (SSSR count). The molecule has 1 radical (unpaired) electrons. The molecule has 0 bridgehead atoms. The summed E-state index contributed by atoms with van der Waals surface area (Å²) >= 11 is 0. The third kappa shape index (κ3) is 1.70. The summed E-state index contributed by atoms with van der Waals surface area (Å²) in [6, 6.07) is 8.78. The van der Waals surface area contributed by atoms with E-state index in [1.165, 1.54) is 0 Å². The number of hydrogen-bond donors (Lipinski definition) is 0. The first-order valence-corrected chi connectivity index (χ1v) is 4.22. The largest absolute Gasteiger partial charge is 0.383 e. The Hall–Kier alpha value is -1.35. The van der Waals surface area contributed by atoms with E-state index >= 15 is 0 Å². The van der Waals surface area contributed by atoms with Gasteiger partial charge in [0.05, 0.1) is 18.7 Å². The minimum Gasteiger partial charge on any atom is -0.383 e. The van der Waals surface area contributed by atoms with E-state index in [9.17, 15) is 0 Å². The SMILES string of the molecule is COCCn1cc2cc[c]cc2n1. The fraction of sp³-hybridized carbons (Fsp3) is 0.300. The van der Waals surface area contributed by atoms with Crippen molar-refractivity contribution in [1.29, 1.82) is 0 Å². The first-order chi connectivity index (χ1) is 6.40. The molecule has 0 unspecified atom stereocenters. The number of hydrogen-bond acceptors (Lipinski definition) is 2. The number of ether oxygens (including phenoxy) is 1. The quantitative estimate of drug-likeness (QED) is 0.706. The topological polar surface area (TPSA) is 27.1 Å². The summed E-state index contributed by atoms with van der Waals surface area (Å²) in [6.07, 6.45) is 2.02. The van der Waals surface area contributed by atoms with E-state index < -0.39 is 0 Å². The molecule has 3 nitrogen and oxygen atoms in total. The standard InChI is InChI=1S/C10H11N2O/c1-13-7-6-12-8-9-4-2-3-5-10(9)11-12/h2,4-5,8H,6-7H2,1H3. The maximum Gasteiger partial charge on any atom is 0.0929 e. The molecule has 13 heavy (non-hydrogen) atoms. The third-order valence-electron chi connectivity index (χ3n) is 1.92. The van der Waals surface area contributed by atoms with Crippen molar-refractivity contribution in [2.24, 2.45) is 0 Å². The molecule has 0 aliphatic rings. The van der Waals surface area contributed by atoms with Gasteiger partial charge in [-0.1, -0.05) is 12.1 Å². The van der Waals surface area contributed by atoms with E-state index in [2.05, 4.69) is 11.2 Å². The molecule has 1 aromatic heterocycles. The van der Waals surface area contributed by atoms with Crippen LogP contribution < -0.4 is 0 Å². The van der Waals surface area contributed by atoms with Gasteiger partial charge in [-0.15, -0.1) is 0 Å². The summed E-state index contributed by atoms with van der Waals surface area (Å²) in [6.45, 7) is 1.49. The van der Waals surface area contributed by atoms with Crippen LogP contribution in [0.15, 0.2) is 24.4 Å². The lowest BCUT2D eigenvalue weighted by molar-refractivity contribution is 0.184. The summed E-state index contributed by atoms with van der Waals surface area (Å²) in [5.41, 5.74) is 0.985. The van der Waals surface area contributed by atoms with Crippen molar-refractivity contribution in [2.45, 2.75) is 6.54 Å². The van der Waals surface area contributed by atoms with E-state index in [1.807, 2.05) is 29.1 Å². The highest BCUT2D eigenvalue weighted by molar-refractivity contribution is 5.77. The lowest BCUT2D eigenvalue weighted by atomic mass is 10.3. The first-order valence-electron chi connectivity index (χ1n) is 4.22. The summed E-state index contributed by atoms with van der Waals surface area (Å²) in [4.78, 5) is 0. The molecule has 0 atom stereocenters. The zero-order valence-corrected chi connectivity index (χ0v) is 7.53. The Morgan fingerprint density at radius 1 is 1.62 bits per heavy atom. The molecule has 0 N–H and O–H groups in total. The van der Waals surface area contributed by atoms with Crippen LogP contribution in [0.3, 0.4) is 0 Å². The van der Waals surface area contributed by atoms with Gasteiger partial charge < -0.3 is 4.74 Å². The van der Waals surface area contributed by atoms with Gasteiger partial charge in [0.15, 0.2) is 0 Å². The zero-order chi connectivity index (χ0) is 9.10. The monoisotopic (exact) mass is 175 g/mol. The number of nitrogens with zero attached hydrogens (tertiary/aromatic N) is 2. The van der Waals surface area contributed by atoms with Gasteiger partial charge in [0, 0.05) is 18.7 Å². The van der Waals surface area contributed by atoms with Crippen LogP contribution in [0.25, 0.3) is 10.9 Å². The van der Waals surface area contributed by atoms with E-state index in [-0.39, 0.29) is 0 Å². The van der Waals surface area contributed by atoms with Gasteiger partial charge in [-0.2, -0.15) is 5.10 Å². The average Bonchev–Trinajstić information content (AvgIpc) is 2.57. The molecule has 3 heteroatoms. The third-order valence-corrected chi connectivity index (χ3v) is 1.92. The number of fused-ring (bicyclic) bond motifs is 1. The molecule has 1 aromatic carbocycles. The first kappa shape index (κ1) is 8.26. The Balaban J connectivity index is 2.28. The van der Waals surface area contributed by atoms with Crippen LogP contribution in [0.1, 0.15) is 0 Å². The van der Waals surface area contributed by atoms with Crippen molar-refractivity contribution in [3.05, 3.63) is 30.5 Å². The van der Waals surface area contributed by atoms with Gasteiger partial charge in [0.25, 0.3) is 0 Å².